The molecular weight excluding hydrogens is 455 g/mol. The fraction of sp³-hybridized carbons (Fsp3) is 0.227. The first kappa shape index (κ1) is 23.9. The summed E-state index contributed by atoms with van der Waals surface area (Å²) in [4.78, 5) is 15.9. The quantitative estimate of drug-likeness (QED) is 0.290. The van der Waals surface area contributed by atoms with Gasteiger partial charge in [-0.3, -0.25) is 4.79 Å². The van der Waals surface area contributed by atoms with Gasteiger partial charge >= 0.3 is 6.36 Å². The number of carbonyl (C=O) groups excluding carboxylic acids is 1. The van der Waals surface area contributed by atoms with E-state index in [0.717, 1.165) is 28.6 Å². The van der Waals surface area contributed by atoms with Crippen molar-refractivity contribution in [3.63, 3.8) is 0 Å². The Labute approximate surface area is 192 Å². The molecule has 0 saturated carbocycles. The minimum atomic E-state index is -4.78. The maximum atomic E-state index is 12.7. The van der Waals surface area contributed by atoms with Crippen molar-refractivity contribution < 1.29 is 22.7 Å². The van der Waals surface area contributed by atoms with Crippen LogP contribution in [0.4, 0.5) is 18.9 Å². The van der Waals surface area contributed by atoms with Crippen molar-refractivity contribution in [1.29, 1.82) is 5.26 Å². The lowest BCUT2D eigenvalue weighted by Crippen LogP contribution is -2.49. The number of alkyl halides is 3. The number of nitrogens with one attached hydrogen (secondary N) is 4. The predicted molar refractivity (Wildman–Crippen MR) is 122 cm³/mol. The molecule has 3 aromatic rings. The first-order valence-electron chi connectivity index (χ1n) is 9.88. The van der Waals surface area contributed by atoms with Crippen LogP contribution in [0, 0.1) is 11.3 Å². The van der Waals surface area contributed by atoms with Crippen molar-refractivity contribution in [2.24, 2.45) is 0 Å². The van der Waals surface area contributed by atoms with Gasteiger partial charge in [-0.1, -0.05) is 18.2 Å². The Hall–Kier alpha value is -3.78. The first-order valence-corrected chi connectivity index (χ1v) is 10.3. The highest BCUT2D eigenvalue weighted by Crippen LogP contribution is 2.24. The van der Waals surface area contributed by atoms with Gasteiger partial charge in [-0.2, -0.15) is 5.26 Å². The molecule has 0 aliphatic carbocycles. The second-order valence-electron chi connectivity index (χ2n) is 6.99. The topological polar surface area (TPSA) is 102 Å². The van der Waals surface area contributed by atoms with E-state index in [1.54, 1.807) is 0 Å². The fourth-order valence-electron chi connectivity index (χ4n) is 3.16. The highest BCUT2D eigenvalue weighted by molar-refractivity contribution is 7.80. The minimum Gasteiger partial charge on any atom is -0.406 e. The van der Waals surface area contributed by atoms with E-state index in [-0.39, 0.29) is 29.7 Å². The smallest absolute Gasteiger partial charge is 0.406 e. The van der Waals surface area contributed by atoms with E-state index >= 15 is 0 Å². The SMILES string of the molecule is N#CCCNC(=O)C(Cc1c[nH]c2ccccc12)NC(=S)Nc1ccc(OC(F)(F)F)cc1. The Bertz CT molecular complexity index is 1160. The zero-order valence-corrected chi connectivity index (χ0v) is 18.0. The number of hydrogen-bond donors (Lipinski definition) is 4. The molecule has 2 aromatic carbocycles. The van der Waals surface area contributed by atoms with Crippen LogP contribution < -0.4 is 20.7 Å². The second-order valence-corrected chi connectivity index (χ2v) is 7.39. The summed E-state index contributed by atoms with van der Waals surface area (Å²) in [5.74, 6) is -0.699. The summed E-state index contributed by atoms with van der Waals surface area (Å²) in [6.07, 6.45) is -2.48. The molecule has 0 aliphatic heterocycles. The highest BCUT2D eigenvalue weighted by Gasteiger charge is 2.31. The van der Waals surface area contributed by atoms with Crippen LogP contribution in [0.2, 0.25) is 0 Å². The molecule has 33 heavy (non-hydrogen) atoms. The number of aromatic nitrogens is 1. The van der Waals surface area contributed by atoms with Crippen molar-refractivity contribution in [1.82, 2.24) is 15.6 Å². The number of hydrogen-bond acceptors (Lipinski definition) is 4. The van der Waals surface area contributed by atoms with Crippen LogP contribution in [0.1, 0.15) is 12.0 Å². The summed E-state index contributed by atoms with van der Waals surface area (Å²) in [5, 5.41) is 18.3. The largest absolute Gasteiger partial charge is 0.573 e. The lowest BCUT2D eigenvalue weighted by Gasteiger charge is -2.20. The molecule has 0 bridgehead atoms. The van der Waals surface area contributed by atoms with E-state index in [1.807, 2.05) is 36.5 Å². The monoisotopic (exact) mass is 475 g/mol. The van der Waals surface area contributed by atoms with Gasteiger partial charge in [-0.25, -0.2) is 0 Å². The zero-order chi connectivity index (χ0) is 23.8. The zero-order valence-electron chi connectivity index (χ0n) is 17.2. The number of halogens is 3. The third-order valence-corrected chi connectivity index (χ3v) is 4.82. The molecule has 1 heterocycles. The first-order chi connectivity index (χ1) is 15.7. The molecule has 0 saturated heterocycles. The van der Waals surface area contributed by atoms with E-state index < -0.39 is 12.4 Å². The summed E-state index contributed by atoms with van der Waals surface area (Å²) in [6, 6.07) is 13.9. The molecule has 172 valence electrons. The second kappa shape index (κ2) is 10.7. The van der Waals surface area contributed by atoms with Crippen molar-refractivity contribution in [3.8, 4) is 11.8 Å². The Balaban J connectivity index is 1.69. The number of H-pyrrole nitrogens is 1. The van der Waals surface area contributed by atoms with Gasteiger partial charge in [0.05, 0.1) is 12.5 Å². The van der Waals surface area contributed by atoms with Crippen LogP contribution in [0.25, 0.3) is 10.9 Å². The number of nitrogens with zero attached hydrogens (tertiary/aromatic N) is 1. The average Bonchev–Trinajstić information content (AvgIpc) is 3.17. The minimum absolute atomic E-state index is 0.111. The number of rotatable bonds is 8. The number of benzene rings is 2. The molecule has 0 radical (unpaired) electrons. The van der Waals surface area contributed by atoms with Gasteiger partial charge in [0.2, 0.25) is 5.91 Å². The van der Waals surface area contributed by atoms with Gasteiger partial charge in [-0.15, -0.1) is 13.2 Å². The molecule has 3 rings (SSSR count). The van der Waals surface area contributed by atoms with Gasteiger partial charge in [0.15, 0.2) is 5.11 Å². The third kappa shape index (κ3) is 7.11. The Morgan fingerprint density at radius 1 is 1.18 bits per heavy atom. The Morgan fingerprint density at radius 2 is 1.91 bits per heavy atom. The van der Waals surface area contributed by atoms with Gasteiger partial charge in [0.1, 0.15) is 11.8 Å². The molecule has 7 nitrogen and oxygen atoms in total. The van der Waals surface area contributed by atoms with E-state index in [1.165, 1.54) is 12.1 Å². The van der Waals surface area contributed by atoms with Crippen LogP contribution in [-0.4, -0.2) is 35.0 Å². The van der Waals surface area contributed by atoms with Gasteiger partial charge in [-0.05, 0) is 48.1 Å². The molecule has 0 aliphatic rings. The number of aromatic amines is 1. The number of fused-ring (bicyclic) bond motifs is 1. The highest BCUT2D eigenvalue weighted by atomic mass is 32.1. The fourth-order valence-corrected chi connectivity index (χ4v) is 3.42. The number of nitriles is 1. The molecule has 11 heteroatoms. The van der Waals surface area contributed by atoms with E-state index in [4.69, 9.17) is 17.5 Å². The molecule has 4 N–H and O–H groups in total. The number of amides is 1. The average molecular weight is 475 g/mol. The number of carbonyl (C=O) groups is 1. The number of thiocarbonyl (C=S) groups is 1. The Kier molecular flexibility index (Phi) is 7.74. The van der Waals surface area contributed by atoms with E-state index in [9.17, 15) is 18.0 Å². The molecule has 1 aromatic heterocycles. The number of ether oxygens (including phenoxy) is 1. The van der Waals surface area contributed by atoms with Crippen molar-refractivity contribution in [3.05, 3.63) is 60.3 Å². The summed E-state index contributed by atoms with van der Waals surface area (Å²) in [5.41, 5.74) is 2.24. The number of para-hydroxylation sites is 1. The van der Waals surface area contributed by atoms with E-state index in [0.29, 0.717) is 12.1 Å². The van der Waals surface area contributed by atoms with Crippen molar-refractivity contribution >= 4 is 39.8 Å². The standard InChI is InChI=1S/C22H20F3N5O2S/c23-22(24,25)32-16-8-6-15(7-9-16)29-21(33)30-19(20(31)27-11-3-10-26)12-14-13-28-18-5-2-1-4-17(14)18/h1-2,4-9,13,19,28H,3,11-12H2,(H,27,31)(H2,29,30,33). The van der Waals surface area contributed by atoms with Crippen LogP contribution in [-0.2, 0) is 11.2 Å². The molecule has 0 spiro atoms. The summed E-state index contributed by atoms with van der Waals surface area (Å²) in [6.45, 7) is 0.197. The van der Waals surface area contributed by atoms with Crippen LogP contribution in [0.3, 0.4) is 0 Å². The Morgan fingerprint density at radius 3 is 2.61 bits per heavy atom. The molecular formula is C22H20F3N5O2S. The van der Waals surface area contributed by atoms with Crippen LogP contribution in [0.5, 0.6) is 5.75 Å². The summed E-state index contributed by atoms with van der Waals surface area (Å²) in [7, 11) is 0. The van der Waals surface area contributed by atoms with Crippen molar-refractivity contribution in [2.75, 3.05) is 11.9 Å². The summed E-state index contributed by atoms with van der Waals surface area (Å²) < 4.78 is 40.8. The maximum Gasteiger partial charge on any atom is 0.573 e. The maximum absolute atomic E-state index is 12.7. The van der Waals surface area contributed by atoms with E-state index in [2.05, 4.69) is 25.7 Å². The van der Waals surface area contributed by atoms with Gasteiger partial charge in [0, 0.05) is 35.8 Å². The molecule has 1 unspecified atom stereocenters. The molecule has 0 fully saturated rings. The van der Waals surface area contributed by atoms with Gasteiger partial charge < -0.3 is 25.7 Å². The molecule has 1 amide bonds. The van der Waals surface area contributed by atoms with Gasteiger partial charge in [0.25, 0.3) is 0 Å². The normalized spacial score (nSPS) is 11.9. The molecule has 1 atom stereocenters. The predicted octanol–water partition coefficient (Wildman–Crippen LogP) is 3.99. The van der Waals surface area contributed by atoms with Crippen LogP contribution in [0.15, 0.2) is 54.7 Å². The van der Waals surface area contributed by atoms with Crippen LogP contribution >= 0.6 is 12.2 Å². The third-order valence-electron chi connectivity index (χ3n) is 4.60. The van der Waals surface area contributed by atoms with Crippen molar-refractivity contribution in [2.45, 2.75) is 25.2 Å². The lowest BCUT2D eigenvalue weighted by atomic mass is 10.0. The summed E-state index contributed by atoms with van der Waals surface area (Å²) >= 11 is 5.31. The number of anilines is 1. The lowest BCUT2D eigenvalue weighted by molar-refractivity contribution is -0.274.